The molecule has 1 amide bonds. The van der Waals surface area contributed by atoms with E-state index in [1.807, 2.05) is 61.5 Å². The third kappa shape index (κ3) is 3.97. The zero-order valence-corrected chi connectivity index (χ0v) is 12.0. The Kier molecular flexibility index (Phi) is 4.97. The van der Waals surface area contributed by atoms with Crippen LogP contribution in [-0.4, -0.2) is 5.91 Å². The number of halogens is 1. The number of benzene rings is 2. The van der Waals surface area contributed by atoms with Gasteiger partial charge in [0.25, 0.3) is 0 Å². The average molecular weight is 286 g/mol. The van der Waals surface area contributed by atoms with Gasteiger partial charge in [0.2, 0.25) is 5.91 Å². The molecule has 0 bridgehead atoms. The molecule has 2 nitrogen and oxygen atoms in total. The molecule has 0 radical (unpaired) electrons. The van der Waals surface area contributed by atoms with Crippen molar-refractivity contribution in [3.8, 4) is 0 Å². The van der Waals surface area contributed by atoms with Crippen LogP contribution in [0.15, 0.2) is 60.7 Å². The number of hydrogen-bond acceptors (Lipinski definition) is 1. The number of rotatable bonds is 4. The lowest BCUT2D eigenvalue weighted by atomic mass is 10.1. The smallest absolute Gasteiger partial charge is 0.244 e. The van der Waals surface area contributed by atoms with Crippen LogP contribution in [0.1, 0.15) is 24.1 Å². The van der Waals surface area contributed by atoms with Crippen LogP contribution in [0.2, 0.25) is 5.02 Å². The summed E-state index contributed by atoms with van der Waals surface area (Å²) in [4.78, 5) is 11.9. The van der Waals surface area contributed by atoms with E-state index < -0.39 is 0 Å². The lowest BCUT2D eigenvalue weighted by Gasteiger charge is -2.14. The van der Waals surface area contributed by atoms with Crippen molar-refractivity contribution in [2.75, 3.05) is 0 Å². The molecule has 102 valence electrons. The second-order valence-electron chi connectivity index (χ2n) is 4.50. The Morgan fingerprint density at radius 3 is 2.45 bits per heavy atom. The number of carbonyl (C=O) groups excluding carboxylic acids is 1. The summed E-state index contributed by atoms with van der Waals surface area (Å²) in [5.41, 5.74) is 1.91. The summed E-state index contributed by atoms with van der Waals surface area (Å²) in [6, 6.07) is 17.1. The summed E-state index contributed by atoms with van der Waals surface area (Å²) in [6.07, 6.45) is 3.32. The molecule has 0 aromatic heterocycles. The maximum absolute atomic E-state index is 11.9. The molecule has 1 atom stereocenters. The van der Waals surface area contributed by atoms with Crippen LogP contribution in [-0.2, 0) is 4.79 Å². The topological polar surface area (TPSA) is 29.1 Å². The molecule has 0 fully saturated rings. The lowest BCUT2D eigenvalue weighted by molar-refractivity contribution is -0.117. The molecule has 20 heavy (non-hydrogen) atoms. The number of amides is 1. The van der Waals surface area contributed by atoms with E-state index in [1.165, 1.54) is 6.08 Å². The molecule has 0 spiro atoms. The molecule has 0 heterocycles. The van der Waals surface area contributed by atoms with Crippen LogP contribution >= 0.6 is 11.6 Å². The normalized spacial score (nSPS) is 12.3. The van der Waals surface area contributed by atoms with Gasteiger partial charge in [-0.15, -0.1) is 0 Å². The second-order valence-corrected chi connectivity index (χ2v) is 4.90. The quantitative estimate of drug-likeness (QED) is 0.837. The Morgan fingerprint density at radius 1 is 1.10 bits per heavy atom. The first kappa shape index (κ1) is 14.4. The number of hydrogen-bond donors (Lipinski definition) is 1. The van der Waals surface area contributed by atoms with Gasteiger partial charge in [-0.25, -0.2) is 0 Å². The highest BCUT2D eigenvalue weighted by Crippen LogP contribution is 2.21. The predicted octanol–water partition coefficient (Wildman–Crippen LogP) is 4.23. The zero-order valence-electron chi connectivity index (χ0n) is 11.2. The van der Waals surface area contributed by atoms with E-state index in [2.05, 4.69) is 5.32 Å². The van der Waals surface area contributed by atoms with Gasteiger partial charge in [-0.3, -0.25) is 4.79 Å². The van der Waals surface area contributed by atoms with Gasteiger partial charge in [-0.1, -0.05) is 60.1 Å². The van der Waals surface area contributed by atoms with Crippen LogP contribution in [0.5, 0.6) is 0 Å². The number of nitrogens with one attached hydrogen (secondary N) is 1. The third-order valence-electron chi connectivity index (χ3n) is 2.96. The van der Waals surface area contributed by atoms with Gasteiger partial charge in [-0.2, -0.15) is 0 Å². The fraction of sp³-hybridized carbons (Fsp3) is 0.118. The van der Waals surface area contributed by atoms with Gasteiger partial charge < -0.3 is 5.32 Å². The van der Waals surface area contributed by atoms with Crippen molar-refractivity contribution < 1.29 is 4.79 Å². The van der Waals surface area contributed by atoms with Gasteiger partial charge in [0.1, 0.15) is 0 Å². The minimum absolute atomic E-state index is 0.128. The first-order valence-corrected chi connectivity index (χ1v) is 6.82. The van der Waals surface area contributed by atoms with E-state index in [0.29, 0.717) is 5.02 Å². The molecule has 3 heteroatoms. The Bertz CT molecular complexity index is 607. The van der Waals surface area contributed by atoms with E-state index in [0.717, 1.165) is 11.1 Å². The van der Waals surface area contributed by atoms with Crippen molar-refractivity contribution in [3.63, 3.8) is 0 Å². The molecule has 1 N–H and O–H groups in total. The largest absolute Gasteiger partial charge is 0.346 e. The fourth-order valence-electron chi connectivity index (χ4n) is 1.90. The molecular formula is C17H16ClNO. The van der Waals surface area contributed by atoms with Crippen molar-refractivity contribution in [2.45, 2.75) is 13.0 Å². The van der Waals surface area contributed by atoms with E-state index in [4.69, 9.17) is 11.6 Å². The zero-order chi connectivity index (χ0) is 14.4. The molecule has 0 saturated heterocycles. The Balaban J connectivity index is 1.98. The molecular weight excluding hydrogens is 270 g/mol. The molecule has 2 aromatic rings. The van der Waals surface area contributed by atoms with Crippen LogP contribution in [0.4, 0.5) is 0 Å². The summed E-state index contributed by atoms with van der Waals surface area (Å²) in [6.45, 7) is 1.91. The van der Waals surface area contributed by atoms with E-state index >= 15 is 0 Å². The van der Waals surface area contributed by atoms with Gasteiger partial charge in [0, 0.05) is 11.1 Å². The van der Waals surface area contributed by atoms with Crippen LogP contribution in [0.3, 0.4) is 0 Å². The highest BCUT2D eigenvalue weighted by Gasteiger charge is 2.10. The van der Waals surface area contributed by atoms with Crippen molar-refractivity contribution in [1.82, 2.24) is 5.32 Å². The van der Waals surface area contributed by atoms with Crippen molar-refractivity contribution in [3.05, 3.63) is 76.8 Å². The summed E-state index contributed by atoms with van der Waals surface area (Å²) in [7, 11) is 0. The summed E-state index contributed by atoms with van der Waals surface area (Å²) >= 11 is 6.11. The van der Waals surface area contributed by atoms with Crippen LogP contribution in [0.25, 0.3) is 6.08 Å². The Hall–Kier alpha value is -2.06. The number of carbonyl (C=O) groups is 1. The maximum Gasteiger partial charge on any atom is 0.244 e. The molecule has 0 aliphatic rings. The van der Waals surface area contributed by atoms with E-state index in [-0.39, 0.29) is 11.9 Å². The Labute approximate surface area is 124 Å². The minimum atomic E-state index is -0.138. The van der Waals surface area contributed by atoms with Gasteiger partial charge in [-0.05, 0) is 30.2 Å². The highest BCUT2D eigenvalue weighted by atomic mass is 35.5. The minimum Gasteiger partial charge on any atom is -0.346 e. The monoisotopic (exact) mass is 285 g/mol. The second kappa shape index (κ2) is 6.92. The standard InChI is InChI=1S/C17H16ClNO/c1-13(15-9-5-6-10-16(15)18)19-17(20)12-11-14-7-3-2-4-8-14/h2-13H,1H3,(H,19,20)/b12-11+. The molecule has 2 rings (SSSR count). The van der Waals surface area contributed by atoms with E-state index in [1.54, 1.807) is 6.08 Å². The average Bonchev–Trinajstić information content (AvgIpc) is 2.46. The molecule has 2 aromatic carbocycles. The van der Waals surface area contributed by atoms with Crippen LogP contribution in [0, 0.1) is 0 Å². The third-order valence-corrected chi connectivity index (χ3v) is 3.30. The van der Waals surface area contributed by atoms with Crippen molar-refractivity contribution in [2.24, 2.45) is 0 Å². The molecule has 0 saturated carbocycles. The predicted molar refractivity (Wildman–Crippen MR) is 83.5 cm³/mol. The molecule has 0 aliphatic heterocycles. The summed E-state index contributed by atoms with van der Waals surface area (Å²) in [5, 5.41) is 3.56. The fourth-order valence-corrected chi connectivity index (χ4v) is 2.20. The Morgan fingerprint density at radius 2 is 1.75 bits per heavy atom. The first-order chi connectivity index (χ1) is 9.66. The van der Waals surface area contributed by atoms with Crippen LogP contribution < -0.4 is 5.32 Å². The summed E-state index contributed by atoms with van der Waals surface area (Å²) in [5.74, 6) is -0.138. The van der Waals surface area contributed by atoms with Gasteiger partial charge >= 0.3 is 0 Å². The highest BCUT2D eigenvalue weighted by molar-refractivity contribution is 6.31. The SMILES string of the molecule is CC(NC(=O)/C=C/c1ccccc1)c1ccccc1Cl. The maximum atomic E-state index is 11.9. The molecule has 1 unspecified atom stereocenters. The van der Waals surface area contributed by atoms with E-state index in [9.17, 15) is 4.79 Å². The van der Waals surface area contributed by atoms with Gasteiger partial charge in [0.15, 0.2) is 0 Å². The van der Waals surface area contributed by atoms with Crippen molar-refractivity contribution >= 4 is 23.6 Å². The van der Waals surface area contributed by atoms with Crippen molar-refractivity contribution in [1.29, 1.82) is 0 Å². The van der Waals surface area contributed by atoms with Gasteiger partial charge in [0.05, 0.1) is 6.04 Å². The first-order valence-electron chi connectivity index (χ1n) is 6.45. The summed E-state index contributed by atoms with van der Waals surface area (Å²) < 4.78 is 0. The molecule has 0 aliphatic carbocycles. The lowest BCUT2D eigenvalue weighted by Crippen LogP contribution is -2.24.